The molecular formula is C15H20N4O2. The largest absolute Gasteiger partial charge is 0.481 e. The molecule has 0 bridgehead atoms. The number of carbonyl (C=O) groups is 1. The highest BCUT2D eigenvalue weighted by Crippen LogP contribution is 2.26. The molecule has 2 aromatic rings. The lowest BCUT2D eigenvalue weighted by molar-refractivity contribution is -0.149. The van der Waals surface area contributed by atoms with E-state index < -0.39 is 11.4 Å². The van der Waals surface area contributed by atoms with Crippen LogP contribution in [-0.2, 0) is 11.3 Å². The molecule has 0 radical (unpaired) electrons. The average molecular weight is 288 g/mol. The number of hydrogen-bond acceptors (Lipinski definition) is 4. The highest BCUT2D eigenvalue weighted by Gasteiger charge is 2.33. The molecule has 6 heteroatoms. The van der Waals surface area contributed by atoms with E-state index in [-0.39, 0.29) is 6.54 Å². The van der Waals surface area contributed by atoms with Crippen LogP contribution in [0.1, 0.15) is 31.4 Å². The zero-order valence-electron chi connectivity index (χ0n) is 12.8. The van der Waals surface area contributed by atoms with E-state index in [0.717, 1.165) is 11.1 Å². The van der Waals surface area contributed by atoms with Crippen LogP contribution in [-0.4, -0.2) is 31.3 Å². The highest BCUT2D eigenvalue weighted by molar-refractivity contribution is 5.74. The van der Waals surface area contributed by atoms with E-state index in [1.165, 1.54) is 5.56 Å². The molecule has 0 saturated carbocycles. The van der Waals surface area contributed by atoms with Gasteiger partial charge in [0.1, 0.15) is 0 Å². The van der Waals surface area contributed by atoms with Crippen LogP contribution in [0.25, 0.3) is 11.4 Å². The third-order valence-corrected chi connectivity index (χ3v) is 4.09. The van der Waals surface area contributed by atoms with Gasteiger partial charge in [-0.1, -0.05) is 19.1 Å². The summed E-state index contributed by atoms with van der Waals surface area (Å²) in [6.07, 6.45) is 0.508. The van der Waals surface area contributed by atoms with Crippen molar-refractivity contribution in [1.82, 2.24) is 20.2 Å². The maximum Gasteiger partial charge on any atom is 0.311 e. The normalized spacial score (nSPS) is 13.9. The Labute approximate surface area is 123 Å². The second kappa shape index (κ2) is 5.63. The Bertz CT molecular complexity index is 665. The van der Waals surface area contributed by atoms with Gasteiger partial charge in [0.15, 0.2) is 5.82 Å². The Morgan fingerprint density at radius 2 is 2.05 bits per heavy atom. The fourth-order valence-electron chi connectivity index (χ4n) is 2.06. The van der Waals surface area contributed by atoms with Gasteiger partial charge in [0, 0.05) is 5.56 Å². The highest BCUT2D eigenvalue weighted by atomic mass is 16.4. The number of hydrogen-bond donors (Lipinski definition) is 1. The van der Waals surface area contributed by atoms with Crippen molar-refractivity contribution in [3.05, 3.63) is 29.3 Å². The molecule has 0 fully saturated rings. The number of carboxylic acids is 1. The van der Waals surface area contributed by atoms with Crippen LogP contribution in [0.2, 0.25) is 0 Å². The van der Waals surface area contributed by atoms with E-state index in [1.54, 1.807) is 11.6 Å². The van der Waals surface area contributed by atoms with Crippen LogP contribution < -0.4 is 0 Å². The second-order valence-electron chi connectivity index (χ2n) is 5.68. The molecule has 1 aromatic carbocycles. The summed E-state index contributed by atoms with van der Waals surface area (Å²) in [7, 11) is 0. The molecule has 21 heavy (non-hydrogen) atoms. The molecule has 2 rings (SSSR count). The lowest BCUT2D eigenvalue weighted by atomic mass is 9.87. The molecule has 1 atom stereocenters. The summed E-state index contributed by atoms with van der Waals surface area (Å²) in [5.74, 6) is -0.245. The van der Waals surface area contributed by atoms with E-state index in [9.17, 15) is 9.90 Å². The standard InChI is InChI=1S/C15H20N4O2/c1-5-15(4,14(20)21)9-19-13(16-17-18-19)12-7-6-10(2)11(3)8-12/h6-8H,5,9H2,1-4H3,(H,20,21). The quantitative estimate of drug-likeness (QED) is 0.914. The third kappa shape index (κ3) is 2.94. The Kier molecular flexibility index (Phi) is 4.06. The molecule has 0 spiro atoms. The number of rotatable bonds is 5. The molecule has 1 heterocycles. The molecule has 112 valence electrons. The van der Waals surface area contributed by atoms with Gasteiger partial charge in [0.25, 0.3) is 0 Å². The minimum absolute atomic E-state index is 0.244. The summed E-state index contributed by atoms with van der Waals surface area (Å²) >= 11 is 0. The van der Waals surface area contributed by atoms with Crippen molar-refractivity contribution in [2.24, 2.45) is 5.41 Å². The van der Waals surface area contributed by atoms with Gasteiger partial charge in [-0.15, -0.1) is 5.10 Å². The fourth-order valence-corrected chi connectivity index (χ4v) is 2.06. The second-order valence-corrected chi connectivity index (χ2v) is 5.68. The molecular weight excluding hydrogens is 268 g/mol. The summed E-state index contributed by atoms with van der Waals surface area (Å²) in [6, 6.07) is 5.98. The third-order valence-electron chi connectivity index (χ3n) is 4.09. The van der Waals surface area contributed by atoms with Crippen LogP contribution in [0.4, 0.5) is 0 Å². The van der Waals surface area contributed by atoms with E-state index in [2.05, 4.69) is 15.5 Å². The maximum atomic E-state index is 11.4. The number of aryl methyl sites for hydroxylation is 2. The minimum atomic E-state index is -0.885. The van der Waals surface area contributed by atoms with Crippen molar-refractivity contribution in [1.29, 1.82) is 0 Å². The predicted octanol–water partition coefficient (Wildman–Crippen LogP) is 2.46. The summed E-state index contributed by atoms with van der Waals surface area (Å²) in [4.78, 5) is 11.4. The number of aromatic nitrogens is 4. The van der Waals surface area contributed by atoms with Crippen molar-refractivity contribution < 1.29 is 9.90 Å². The first-order valence-corrected chi connectivity index (χ1v) is 6.94. The van der Waals surface area contributed by atoms with Gasteiger partial charge in [0.2, 0.25) is 0 Å². The molecule has 0 saturated heterocycles. The van der Waals surface area contributed by atoms with Crippen molar-refractivity contribution in [2.45, 2.75) is 40.7 Å². The number of nitrogens with zero attached hydrogens (tertiary/aromatic N) is 4. The molecule has 0 aliphatic heterocycles. The van der Waals surface area contributed by atoms with Gasteiger partial charge >= 0.3 is 5.97 Å². The van der Waals surface area contributed by atoms with Gasteiger partial charge in [-0.05, 0) is 54.8 Å². The average Bonchev–Trinajstić information content (AvgIpc) is 2.89. The van der Waals surface area contributed by atoms with Crippen LogP contribution >= 0.6 is 0 Å². The fraction of sp³-hybridized carbons (Fsp3) is 0.467. The van der Waals surface area contributed by atoms with Gasteiger partial charge in [-0.2, -0.15) is 0 Å². The predicted molar refractivity (Wildman–Crippen MR) is 78.8 cm³/mol. The zero-order valence-corrected chi connectivity index (χ0v) is 12.8. The molecule has 1 N–H and O–H groups in total. The van der Waals surface area contributed by atoms with Crippen LogP contribution in [0, 0.1) is 19.3 Å². The van der Waals surface area contributed by atoms with Crippen molar-refractivity contribution >= 4 is 5.97 Å². The molecule has 1 unspecified atom stereocenters. The SMILES string of the molecule is CCC(C)(Cn1nnnc1-c1ccc(C)c(C)c1)C(=O)O. The summed E-state index contributed by atoms with van der Waals surface area (Å²) in [6.45, 7) is 7.88. The van der Waals surface area contributed by atoms with E-state index in [0.29, 0.717) is 12.2 Å². The summed E-state index contributed by atoms with van der Waals surface area (Å²) in [5, 5.41) is 21.1. The van der Waals surface area contributed by atoms with Crippen LogP contribution in [0.5, 0.6) is 0 Å². The number of benzene rings is 1. The molecule has 0 aliphatic carbocycles. The monoisotopic (exact) mass is 288 g/mol. The number of aliphatic carboxylic acids is 1. The Morgan fingerprint density at radius 3 is 2.62 bits per heavy atom. The van der Waals surface area contributed by atoms with Crippen molar-refractivity contribution in [3.8, 4) is 11.4 Å². The Hall–Kier alpha value is -2.24. The van der Waals surface area contributed by atoms with E-state index in [4.69, 9.17) is 0 Å². The van der Waals surface area contributed by atoms with E-state index >= 15 is 0 Å². The van der Waals surface area contributed by atoms with Crippen molar-refractivity contribution in [2.75, 3.05) is 0 Å². The molecule has 0 aliphatic rings. The number of carboxylic acid groups (broad SMARTS) is 1. The Morgan fingerprint density at radius 1 is 1.33 bits per heavy atom. The summed E-state index contributed by atoms with van der Waals surface area (Å²) < 4.78 is 1.57. The summed E-state index contributed by atoms with van der Waals surface area (Å²) in [5.41, 5.74) is 2.36. The lowest BCUT2D eigenvalue weighted by Gasteiger charge is -2.22. The van der Waals surface area contributed by atoms with E-state index in [1.807, 2.05) is 39.0 Å². The minimum Gasteiger partial charge on any atom is -0.481 e. The molecule has 1 aromatic heterocycles. The Balaban J connectivity index is 2.39. The smallest absolute Gasteiger partial charge is 0.311 e. The maximum absolute atomic E-state index is 11.4. The first-order chi connectivity index (χ1) is 9.87. The van der Waals surface area contributed by atoms with Crippen molar-refractivity contribution in [3.63, 3.8) is 0 Å². The first kappa shape index (κ1) is 15.2. The zero-order chi connectivity index (χ0) is 15.6. The van der Waals surface area contributed by atoms with Crippen LogP contribution in [0.3, 0.4) is 0 Å². The van der Waals surface area contributed by atoms with Gasteiger partial charge in [-0.25, -0.2) is 4.68 Å². The van der Waals surface area contributed by atoms with Crippen LogP contribution in [0.15, 0.2) is 18.2 Å². The van der Waals surface area contributed by atoms with Gasteiger partial charge < -0.3 is 5.11 Å². The topological polar surface area (TPSA) is 80.9 Å². The van der Waals surface area contributed by atoms with Gasteiger partial charge in [-0.3, -0.25) is 4.79 Å². The lowest BCUT2D eigenvalue weighted by Crippen LogP contribution is -2.32. The molecule has 0 amide bonds. The first-order valence-electron chi connectivity index (χ1n) is 6.94. The molecule has 6 nitrogen and oxygen atoms in total. The van der Waals surface area contributed by atoms with Gasteiger partial charge in [0.05, 0.1) is 12.0 Å². The number of tetrazole rings is 1.